The fourth-order valence-corrected chi connectivity index (χ4v) is 5.20. The summed E-state index contributed by atoms with van der Waals surface area (Å²) in [5.41, 5.74) is 0.289. The molecule has 1 unspecified atom stereocenters. The van der Waals surface area contributed by atoms with Crippen molar-refractivity contribution in [1.82, 2.24) is 5.32 Å². The number of hydrogen-bond acceptors (Lipinski definition) is 4. The first-order valence-corrected chi connectivity index (χ1v) is 10.0. The number of nitrogens with zero attached hydrogens (tertiary/aromatic N) is 1. The standard InChI is InChI=1S/C21H21FN2O2S/c1-14-11-26-13-21(16-9-5-6-10-18(16)22)17(14)12-27-20(24-21)23-19(25)15-7-3-2-4-8-15/h2-10,14,17H,11-13H2,1H3,(H,23,24,25)/t14?,17-,21-/m1/s1. The van der Waals surface area contributed by atoms with Crippen molar-refractivity contribution in [3.63, 3.8) is 0 Å². The van der Waals surface area contributed by atoms with Gasteiger partial charge in [0.15, 0.2) is 5.17 Å². The molecule has 0 saturated carbocycles. The second-order valence-electron chi connectivity index (χ2n) is 7.05. The van der Waals surface area contributed by atoms with Gasteiger partial charge in [0.05, 0.1) is 6.61 Å². The number of fused-ring (bicyclic) bond motifs is 1. The minimum absolute atomic E-state index is 0.144. The monoisotopic (exact) mass is 384 g/mol. The average Bonchev–Trinajstić information content (AvgIpc) is 2.69. The van der Waals surface area contributed by atoms with Gasteiger partial charge in [0.25, 0.3) is 5.91 Å². The normalized spacial score (nSPS) is 27.4. The number of rotatable bonds is 2. The predicted octanol–water partition coefficient (Wildman–Crippen LogP) is 3.84. The van der Waals surface area contributed by atoms with E-state index in [0.717, 1.165) is 5.75 Å². The lowest BCUT2D eigenvalue weighted by Crippen LogP contribution is -2.52. The first-order valence-electron chi connectivity index (χ1n) is 9.02. The topological polar surface area (TPSA) is 50.7 Å². The lowest BCUT2D eigenvalue weighted by Gasteiger charge is -2.47. The molecule has 1 amide bonds. The lowest BCUT2D eigenvalue weighted by molar-refractivity contribution is -0.0340. The third kappa shape index (κ3) is 3.39. The molecule has 0 bridgehead atoms. The smallest absolute Gasteiger partial charge is 0.257 e. The van der Waals surface area contributed by atoms with Crippen LogP contribution in [-0.4, -0.2) is 30.0 Å². The summed E-state index contributed by atoms with van der Waals surface area (Å²) in [4.78, 5) is 17.4. The van der Waals surface area contributed by atoms with Gasteiger partial charge in [-0.1, -0.05) is 55.1 Å². The highest BCUT2D eigenvalue weighted by molar-refractivity contribution is 8.13. The van der Waals surface area contributed by atoms with Gasteiger partial charge in [0, 0.05) is 29.4 Å². The van der Waals surface area contributed by atoms with Crippen LogP contribution in [0, 0.1) is 17.7 Å². The minimum atomic E-state index is -0.812. The maximum absolute atomic E-state index is 14.7. The van der Waals surface area contributed by atoms with Gasteiger partial charge in [-0.25, -0.2) is 9.38 Å². The van der Waals surface area contributed by atoms with Crippen molar-refractivity contribution in [2.45, 2.75) is 12.5 Å². The Morgan fingerprint density at radius 2 is 1.96 bits per heavy atom. The molecule has 0 aromatic heterocycles. The van der Waals surface area contributed by atoms with E-state index in [2.05, 4.69) is 12.2 Å². The van der Waals surface area contributed by atoms with E-state index in [9.17, 15) is 9.18 Å². The number of nitrogens with one attached hydrogen (secondary N) is 1. The average molecular weight is 384 g/mol. The summed E-state index contributed by atoms with van der Waals surface area (Å²) in [5.74, 6) is 0.650. The molecule has 6 heteroatoms. The zero-order valence-electron chi connectivity index (χ0n) is 15.0. The summed E-state index contributed by atoms with van der Waals surface area (Å²) in [6, 6.07) is 15.7. The maximum atomic E-state index is 14.7. The maximum Gasteiger partial charge on any atom is 0.257 e. The number of benzene rings is 2. The van der Waals surface area contributed by atoms with Crippen LogP contribution in [0.5, 0.6) is 0 Å². The Labute approximate surface area is 162 Å². The van der Waals surface area contributed by atoms with Gasteiger partial charge in [-0.05, 0) is 24.1 Å². The molecule has 2 aliphatic heterocycles. The van der Waals surface area contributed by atoms with Crippen LogP contribution in [0.4, 0.5) is 4.39 Å². The molecule has 1 saturated heterocycles. The van der Waals surface area contributed by atoms with Crippen LogP contribution in [0.25, 0.3) is 0 Å². The van der Waals surface area contributed by atoms with E-state index in [1.54, 1.807) is 24.3 Å². The molecular weight excluding hydrogens is 363 g/mol. The minimum Gasteiger partial charge on any atom is -0.378 e. The van der Waals surface area contributed by atoms with Crippen molar-refractivity contribution in [2.24, 2.45) is 16.8 Å². The molecule has 2 heterocycles. The van der Waals surface area contributed by atoms with Gasteiger partial charge in [-0.2, -0.15) is 0 Å². The summed E-state index contributed by atoms with van der Waals surface area (Å²) in [6.45, 7) is 3.07. The summed E-state index contributed by atoms with van der Waals surface area (Å²) in [7, 11) is 0. The first-order chi connectivity index (χ1) is 13.1. The Bertz CT molecular complexity index is 873. The van der Waals surface area contributed by atoms with Crippen molar-refractivity contribution in [2.75, 3.05) is 19.0 Å². The summed E-state index contributed by atoms with van der Waals surface area (Å²) < 4.78 is 20.5. The molecule has 2 aliphatic rings. The van der Waals surface area contributed by atoms with Crippen LogP contribution in [0.3, 0.4) is 0 Å². The highest BCUT2D eigenvalue weighted by atomic mass is 32.2. The molecule has 0 aliphatic carbocycles. The molecule has 4 rings (SSSR count). The molecule has 0 spiro atoms. The van der Waals surface area contributed by atoms with E-state index in [0.29, 0.717) is 29.5 Å². The van der Waals surface area contributed by atoms with Crippen LogP contribution in [0.2, 0.25) is 0 Å². The molecule has 2 aromatic rings. The Kier molecular flexibility index (Phi) is 5.02. The highest BCUT2D eigenvalue weighted by Crippen LogP contribution is 2.47. The molecule has 0 radical (unpaired) electrons. The molecule has 2 aromatic carbocycles. The van der Waals surface area contributed by atoms with Crippen molar-refractivity contribution in [3.05, 3.63) is 71.5 Å². The van der Waals surface area contributed by atoms with E-state index in [4.69, 9.17) is 9.73 Å². The first kappa shape index (κ1) is 18.2. The molecule has 27 heavy (non-hydrogen) atoms. The molecule has 4 nitrogen and oxygen atoms in total. The lowest BCUT2D eigenvalue weighted by atomic mass is 9.72. The van der Waals surface area contributed by atoms with Crippen LogP contribution in [0.1, 0.15) is 22.8 Å². The Morgan fingerprint density at radius 1 is 1.22 bits per heavy atom. The van der Waals surface area contributed by atoms with Crippen LogP contribution in [-0.2, 0) is 10.3 Å². The summed E-state index contributed by atoms with van der Waals surface area (Å²) in [6.07, 6.45) is 0. The highest BCUT2D eigenvalue weighted by Gasteiger charge is 2.50. The Balaban J connectivity index is 1.71. The number of thioether (sulfide) groups is 1. The number of aliphatic imine (C=N–C) groups is 1. The van der Waals surface area contributed by atoms with Gasteiger partial charge in [0.2, 0.25) is 0 Å². The van der Waals surface area contributed by atoms with E-state index in [-0.39, 0.29) is 23.6 Å². The van der Waals surface area contributed by atoms with Gasteiger partial charge < -0.3 is 10.1 Å². The fraction of sp³-hybridized carbons (Fsp3) is 0.333. The third-order valence-corrected chi connectivity index (χ3v) is 6.29. The number of amidine groups is 1. The van der Waals surface area contributed by atoms with Gasteiger partial charge in [0.1, 0.15) is 11.4 Å². The number of amides is 1. The second kappa shape index (κ2) is 7.44. The largest absolute Gasteiger partial charge is 0.378 e. The number of carbonyl (C=O) groups excluding carboxylic acids is 1. The Morgan fingerprint density at radius 3 is 2.74 bits per heavy atom. The van der Waals surface area contributed by atoms with Crippen molar-refractivity contribution in [1.29, 1.82) is 0 Å². The van der Waals surface area contributed by atoms with Gasteiger partial charge in [-0.3, -0.25) is 4.79 Å². The molecule has 1 fully saturated rings. The zero-order valence-corrected chi connectivity index (χ0v) is 15.8. The summed E-state index contributed by atoms with van der Waals surface area (Å²) >= 11 is 1.51. The quantitative estimate of drug-likeness (QED) is 0.856. The van der Waals surface area contributed by atoms with Crippen molar-refractivity contribution < 1.29 is 13.9 Å². The predicted molar refractivity (Wildman–Crippen MR) is 105 cm³/mol. The van der Waals surface area contributed by atoms with Crippen LogP contribution >= 0.6 is 11.8 Å². The van der Waals surface area contributed by atoms with E-state index in [1.807, 2.05) is 24.3 Å². The zero-order chi connectivity index (χ0) is 18.9. The van der Waals surface area contributed by atoms with Gasteiger partial charge >= 0.3 is 0 Å². The Hall–Kier alpha value is -2.18. The molecular formula is C21H21FN2O2S. The SMILES string of the molecule is CC1COC[C@]2(c3ccccc3F)N=C(NC(=O)c3ccccc3)SC[C@H]12. The fourth-order valence-electron chi connectivity index (χ4n) is 3.87. The van der Waals surface area contributed by atoms with Crippen LogP contribution < -0.4 is 5.32 Å². The third-order valence-electron chi connectivity index (χ3n) is 5.30. The number of halogens is 1. The second-order valence-corrected chi connectivity index (χ2v) is 8.06. The van der Waals surface area contributed by atoms with Crippen LogP contribution in [0.15, 0.2) is 59.6 Å². The number of ether oxygens (including phenoxy) is 1. The van der Waals surface area contributed by atoms with Gasteiger partial charge in [-0.15, -0.1) is 0 Å². The molecule has 140 valence electrons. The molecule has 3 atom stereocenters. The van der Waals surface area contributed by atoms with Crippen molar-refractivity contribution in [3.8, 4) is 0 Å². The number of carbonyl (C=O) groups is 1. The van der Waals surface area contributed by atoms with E-state index in [1.165, 1.54) is 17.8 Å². The molecule has 1 N–H and O–H groups in total. The van der Waals surface area contributed by atoms with E-state index < -0.39 is 5.54 Å². The van der Waals surface area contributed by atoms with Crippen molar-refractivity contribution >= 4 is 22.8 Å². The summed E-state index contributed by atoms with van der Waals surface area (Å²) in [5, 5.41) is 3.41. The number of hydrogen-bond donors (Lipinski definition) is 1. The van der Waals surface area contributed by atoms with E-state index >= 15 is 0 Å².